The van der Waals surface area contributed by atoms with Crippen LogP contribution in [0.15, 0.2) is 153 Å². The van der Waals surface area contributed by atoms with Gasteiger partial charge in [-0.05, 0) is 140 Å². The van der Waals surface area contributed by atoms with Gasteiger partial charge in [0, 0.05) is 30.0 Å². The molecule has 0 saturated heterocycles. The van der Waals surface area contributed by atoms with E-state index in [2.05, 4.69) is 233 Å². The van der Waals surface area contributed by atoms with E-state index < -0.39 is 0 Å². The molecule has 0 spiro atoms. The minimum Gasteiger partial charge on any atom is -1.00 e. The molecule has 0 radical (unpaired) electrons. The maximum Gasteiger partial charge on any atom is 0.255 e. The van der Waals surface area contributed by atoms with Gasteiger partial charge in [0.15, 0.2) is 10.3 Å². The number of unbranched alkanes of at least 4 members (excludes halogenated alkanes) is 36. The number of imidazole rings is 4. The number of H-pyrrole nitrogens is 1. The molecule has 0 fully saturated rings. The van der Waals surface area contributed by atoms with Crippen LogP contribution in [0.4, 0.5) is 0 Å². The summed E-state index contributed by atoms with van der Waals surface area (Å²) in [5, 5.41) is 14.4. The van der Waals surface area contributed by atoms with E-state index in [4.69, 9.17) is 92.8 Å². The highest BCUT2D eigenvalue weighted by Crippen LogP contribution is 2.28. The van der Waals surface area contributed by atoms with E-state index in [1.54, 1.807) is 6.33 Å². The predicted octanol–water partition coefficient (Wildman–Crippen LogP) is 27.7. The lowest BCUT2D eigenvalue weighted by atomic mass is 10.0. The minimum absolute atomic E-state index is 0. The Balaban J connectivity index is 0.000000380. The number of rotatable bonds is 51. The number of halogens is 12. The van der Waals surface area contributed by atoms with Gasteiger partial charge in [-0.3, -0.25) is 0 Å². The maximum atomic E-state index is 6.54. The third-order valence-electron chi connectivity index (χ3n) is 21.2. The fourth-order valence-corrected chi connectivity index (χ4v) is 16.7. The Morgan fingerprint density at radius 3 is 0.914 bits per heavy atom. The van der Waals surface area contributed by atoms with Crippen molar-refractivity contribution in [3.63, 3.8) is 0 Å². The summed E-state index contributed by atoms with van der Waals surface area (Å²) in [5.74, 6) is 0. The van der Waals surface area contributed by atoms with E-state index in [1.807, 2.05) is 4.57 Å². The molecule has 4 aromatic heterocycles. The molecule has 0 amide bonds. The largest absolute Gasteiger partial charge is 1.00 e. The average Bonchev–Trinajstić information content (AvgIpc) is 1.45. The molecule has 1 N–H and O–H groups in total. The number of hydrogen-bond donors (Lipinski definition) is 1. The van der Waals surface area contributed by atoms with Crippen LogP contribution in [-0.4, -0.2) is 39.3 Å². The highest BCUT2D eigenvalue weighted by molar-refractivity contribution is 9.09. The van der Waals surface area contributed by atoms with Crippen molar-refractivity contribution in [1.82, 2.24) is 28.7 Å². The number of aryl methyl sites for hydroxylation is 8. The molecule has 0 saturated carbocycles. The van der Waals surface area contributed by atoms with Crippen LogP contribution in [0.1, 0.15) is 301 Å². The first kappa shape index (κ1) is 107. The number of benzene rings is 6. The first-order chi connectivity index (χ1) is 55.8. The Labute approximate surface area is 779 Å². The lowest BCUT2D eigenvalue weighted by molar-refractivity contribution is -0.694. The molecule has 116 heavy (non-hydrogen) atoms. The summed E-state index contributed by atoms with van der Waals surface area (Å²) < 4.78 is 10.3. The van der Waals surface area contributed by atoms with Gasteiger partial charge in [-0.25, -0.2) is 28.2 Å². The van der Waals surface area contributed by atoms with Gasteiger partial charge in [0.25, 0.3) is 20.6 Å². The fraction of sp³-hybridized carbons (Fsp3) is 0.562. The van der Waals surface area contributed by atoms with Crippen LogP contribution in [-0.2, 0) is 52.0 Å². The first-order valence-corrected chi connectivity index (χ1v) is 49.2. The second kappa shape index (κ2) is 69.6. The van der Waals surface area contributed by atoms with E-state index >= 15 is 0 Å². The van der Waals surface area contributed by atoms with Gasteiger partial charge in [-0.1, -0.05) is 452 Å². The van der Waals surface area contributed by atoms with Crippen LogP contribution in [0.25, 0.3) is 32.3 Å². The molecule has 10 rings (SSSR count). The fourth-order valence-electron chi connectivity index (χ4n) is 14.4. The highest BCUT2D eigenvalue weighted by Gasteiger charge is 2.22. The number of hydrogen-bond acceptors (Lipinski definition) is 2. The van der Waals surface area contributed by atoms with Crippen LogP contribution < -0.4 is 43.1 Å². The molecule has 646 valence electrons. The van der Waals surface area contributed by atoms with Crippen molar-refractivity contribution in [2.45, 2.75) is 337 Å². The number of aromatic amines is 1. The van der Waals surface area contributed by atoms with Gasteiger partial charge in [0.2, 0.25) is 12.7 Å². The quantitative estimate of drug-likeness (QED) is 0.0235. The normalized spacial score (nSPS) is 10.9. The third-order valence-corrected chi connectivity index (χ3v) is 25.4. The first-order valence-electron chi connectivity index (χ1n) is 43.9. The molecule has 0 aliphatic rings. The molecule has 0 bridgehead atoms. The summed E-state index contributed by atoms with van der Waals surface area (Å²) >= 11 is 55.6. The predicted molar refractivity (Wildman–Crippen MR) is 508 cm³/mol. The molecule has 0 unspecified atom stereocenters. The van der Waals surface area contributed by atoms with E-state index in [0.717, 1.165) is 76.6 Å². The zero-order valence-electron chi connectivity index (χ0n) is 70.5. The Hall–Kier alpha value is -2.82. The smallest absolute Gasteiger partial charge is 0.255 e. The molecule has 0 atom stereocenters. The van der Waals surface area contributed by atoms with Crippen LogP contribution in [0.2, 0.25) is 41.2 Å². The molecule has 8 nitrogen and oxygen atoms in total. The second-order valence-corrected chi connectivity index (χ2v) is 34.9. The summed E-state index contributed by atoms with van der Waals surface area (Å²) in [4.78, 5) is 10.2. The van der Waals surface area contributed by atoms with Crippen molar-refractivity contribution in [2.75, 3.05) is 10.7 Å². The molecule has 0 aliphatic heterocycles. The summed E-state index contributed by atoms with van der Waals surface area (Å²) in [5.41, 5.74) is 4.12. The summed E-state index contributed by atoms with van der Waals surface area (Å²) in [6.07, 6.45) is 64.9. The Morgan fingerprint density at radius 1 is 0.310 bits per heavy atom. The monoisotopic (exact) mass is 2000 g/mol. The van der Waals surface area contributed by atoms with Crippen LogP contribution in [0.5, 0.6) is 0 Å². The van der Waals surface area contributed by atoms with Crippen molar-refractivity contribution in [3.05, 3.63) is 211 Å². The average molecular weight is 2010 g/mol. The highest BCUT2D eigenvalue weighted by atomic mass is 79.9. The van der Waals surface area contributed by atoms with E-state index in [9.17, 15) is 0 Å². The summed E-state index contributed by atoms with van der Waals surface area (Å²) in [6.45, 7) is 13.6. The Kier molecular flexibility index (Phi) is 64.4. The third kappa shape index (κ3) is 44.5. The molecule has 6 aromatic carbocycles. The maximum absolute atomic E-state index is 6.54. The van der Waals surface area contributed by atoms with E-state index in [0.29, 0.717) is 41.2 Å². The van der Waals surface area contributed by atoms with Gasteiger partial charge < -0.3 is 43.5 Å². The van der Waals surface area contributed by atoms with Gasteiger partial charge in [-0.2, -0.15) is 0 Å². The molecular formula is C96H138Br4Cl8N8. The van der Waals surface area contributed by atoms with Gasteiger partial charge in [0.05, 0.1) is 38.8 Å². The van der Waals surface area contributed by atoms with Crippen molar-refractivity contribution >= 4 is 157 Å². The lowest BCUT2D eigenvalue weighted by Crippen LogP contribution is -3.00. The Bertz CT molecular complexity index is 3870. The standard InChI is InChI=1S/2C27H37Cl2N2.C15H26Cl2N2.C12H11Br.C12H25Br.C3H2Cl2N2.2BrH/c2*1-2-3-4-5-6-7-8-9-10-13-20-30-22-31(27(29)26(30)28)21-19-24-17-14-16-23-15-11-12-18-25(23)24;1-2-3-4-5-6-7-8-9-10-11-12-19-13-18-14(16)15(19)17;13-9-8-11-6-3-5-10-4-1-2-7-12(10)11;1-2-3-4-5-6-7-8-9-10-11-12-13;4-2-3(5)7-1-6-2;;/h2*11-12,14-18,22H,2-10,13,19-21H2,1H3;13H,2-12H2,1H3;1-7H,8-9H2;2-12H2,1H3;1H,(H,6,7);2*1H/q2*+1;;;;;;/p-2. The van der Waals surface area contributed by atoms with Crippen LogP contribution in [0.3, 0.4) is 0 Å². The van der Waals surface area contributed by atoms with E-state index in [1.165, 1.54) is 298 Å². The Morgan fingerprint density at radius 2 is 0.621 bits per heavy atom. The summed E-state index contributed by atoms with van der Waals surface area (Å²) in [6, 6.07) is 45.1. The number of fused-ring (bicyclic) bond motifs is 3. The number of nitrogens with one attached hydrogen (secondary N) is 1. The van der Waals surface area contributed by atoms with Crippen molar-refractivity contribution < 1.29 is 43.1 Å². The minimum atomic E-state index is 0. The van der Waals surface area contributed by atoms with Gasteiger partial charge in [0.1, 0.15) is 10.3 Å². The topological polar surface area (TPSA) is 64.1 Å². The van der Waals surface area contributed by atoms with Crippen LogP contribution in [0, 0.1) is 0 Å². The molecule has 10 aromatic rings. The lowest BCUT2D eigenvalue weighted by Gasteiger charge is -2.05. The van der Waals surface area contributed by atoms with Crippen molar-refractivity contribution in [2.24, 2.45) is 0 Å². The second-order valence-electron chi connectivity index (χ2n) is 30.5. The van der Waals surface area contributed by atoms with Crippen molar-refractivity contribution in [3.8, 4) is 0 Å². The van der Waals surface area contributed by atoms with Crippen molar-refractivity contribution in [1.29, 1.82) is 0 Å². The molecule has 0 aliphatic carbocycles. The number of nitrogens with zero attached hydrogens (tertiary/aromatic N) is 7. The molecule has 20 heteroatoms. The zero-order chi connectivity index (χ0) is 81.9. The van der Waals surface area contributed by atoms with E-state index in [-0.39, 0.29) is 34.0 Å². The summed E-state index contributed by atoms with van der Waals surface area (Å²) in [7, 11) is 0. The van der Waals surface area contributed by atoms with Gasteiger partial charge in [-0.15, -0.1) is 0 Å². The molecule has 4 heterocycles. The molecular weight excluding hydrogens is 1870 g/mol. The zero-order valence-corrected chi connectivity index (χ0v) is 82.8. The number of alkyl halides is 2. The number of aromatic nitrogens is 8. The van der Waals surface area contributed by atoms with Gasteiger partial charge >= 0.3 is 0 Å². The van der Waals surface area contributed by atoms with Crippen LogP contribution >= 0.6 is 125 Å². The SMILES string of the molecule is BrCCc1cccc2ccccc12.CCCCCCCCCCCCBr.CCCCCCCCCCCC[n+]1cn(CCc2cccc3ccccc23)c(Cl)c1Cl.CCCCCCCCCCCC[n+]1cn(CCc2cccc3ccccc23)c(Cl)c1Cl.CCCCCCCCCCCCn1cnc(Cl)c1Cl.Clc1nc[nH]c1Cl.[Br-].[Br-].